The molecule has 3 atom stereocenters. The van der Waals surface area contributed by atoms with Crippen molar-refractivity contribution < 1.29 is 0 Å². The van der Waals surface area contributed by atoms with Crippen LogP contribution in [0.1, 0.15) is 25.7 Å². The van der Waals surface area contributed by atoms with Gasteiger partial charge in [0.05, 0.1) is 0 Å². The van der Waals surface area contributed by atoms with Crippen LogP contribution in [0.4, 0.5) is 0 Å². The van der Waals surface area contributed by atoms with Gasteiger partial charge in [-0.2, -0.15) is 9.81 Å². The summed E-state index contributed by atoms with van der Waals surface area (Å²) >= 11 is 0. The first kappa shape index (κ1) is 12.2. The average Bonchev–Trinajstić information content (AvgIpc) is 2.25. The van der Waals surface area contributed by atoms with Crippen molar-refractivity contribution in [2.45, 2.75) is 37.8 Å². The molecule has 0 aromatic carbocycles. The molecule has 0 saturated heterocycles. The predicted molar refractivity (Wildman–Crippen MR) is 57.9 cm³/mol. The monoisotopic (exact) mass is 214 g/mol. The maximum Gasteiger partial charge on any atom is 0.118 e. The van der Waals surface area contributed by atoms with Gasteiger partial charge in [0.2, 0.25) is 0 Å². The molecule has 1 aliphatic rings. The van der Waals surface area contributed by atoms with E-state index in [1.54, 1.807) is 5.01 Å². The van der Waals surface area contributed by atoms with E-state index in [4.69, 9.17) is 5.84 Å². The van der Waals surface area contributed by atoms with Crippen LogP contribution in [-0.4, -0.2) is 30.7 Å². The Morgan fingerprint density at radius 2 is 1.93 bits per heavy atom. The Hall–Kier alpha value is -0.880. The van der Waals surface area contributed by atoms with E-state index < -0.39 is 12.1 Å². The van der Waals surface area contributed by atoms with Crippen molar-refractivity contribution in [1.82, 2.24) is 5.01 Å². The lowest BCUT2D eigenvalue weighted by molar-refractivity contribution is 0.240. The highest BCUT2D eigenvalue weighted by Gasteiger charge is 2.32. The summed E-state index contributed by atoms with van der Waals surface area (Å²) in [5.74, 6) is 5.95. The minimum Gasteiger partial charge on any atom is -0.269 e. The van der Waals surface area contributed by atoms with Crippen LogP contribution in [0.5, 0.6) is 0 Å². The first-order valence-electron chi connectivity index (χ1n) is 5.28. The molecular formula is C9H18N4O2. The Morgan fingerprint density at radius 3 is 2.47 bits per heavy atom. The highest BCUT2D eigenvalue weighted by atomic mass is 16.3. The van der Waals surface area contributed by atoms with E-state index in [1.807, 2.05) is 7.05 Å². The van der Waals surface area contributed by atoms with Gasteiger partial charge < -0.3 is 0 Å². The van der Waals surface area contributed by atoms with Gasteiger partial charge in [-0.1, -0.05) is 10.4 Å². The van der Waals surface area contributed by atoms with Crippen molar-refractivity contribution in [3.05, 3.63) is 9.81 Å². The molecule has 2 N–H and O–H groups in total. The molecule has 6 nitrogen and oxygen atoms in total. The van der Waals surface area contributed by atoms with E-state index in [9.17, 15) is 9.81 Å². The van der Waals surface area contributed by atoms with Gasteiger partial charge in [0, 0.05) is 13.6 Å². The zero-order chi connectivity index (χ0) is 11.3. The summed E-state index contributed by atoms with van der Waals surface area (Å²) in [7, 11) is 1.81. The number of nitrogens with two attached hydrogens (primary N) is 1. The lowest BCUT2D eigenvalue weighted by Crippen LogP contribution is -2.34. The van der Waals surface area contributed by atoms with Gasteiger partial charge in [0.25, 0.3) is 0 Å². The van der Waals surface area contributed by atoms with Crippen LogP contribution >= 0.6 is 0 Å². The molecule has 1 rings (SSSR count). The number of hydrogen-bond donors (Lipinski definition) is 1. The summed E-state index contributed by atoms with van der Waals surface area (Å²) in [4.78, 5) is 21.0. The van der Waals surface area contributed by atoms with Crippen LogP contribution in [0.2, 0.25) is 0 Å². The Bertz CT molecular complexity index is 222. The summed E-state index contributed by atoms with van der Waals surface area (Å²) < 4.78 is 0. The van der Waals surface area contributed by atoms with Crippen LogP contribution < -0.4 is 5.84 Å². The van der Waals surface area contributed by atoms with Gasteiger partial charge in [0.15, 0.2) is 0 Å². The van der Waals surface area contributed by atoms with Crippen LogP contribution in [-0.2, 0) is 0 Å². The van der Waals surface area contributed by atoms with Crippen molar-refractivity contribution >= 4 is 0 Å². The maximum absolute atomic E-state index is 10.5. The molecule has 0 radical (unpaired) electrons. The summed E-state index contributed by atoms with van der Waals surface area (Å²) in [5.41, 5.74) is 0. The standard InChI is InChI=1S/C9H18N4O2/c1-13(10)5-4-7-2-3-8(11-14)9(6-7)12-15/h7-9H,2-6,10H2,1H3. The van der Waals surface area contributed by atoms with Crippen LogP contribution in [0.15, 0.2) is 10.4 Å². The molecule has 0 aromatic heterocycles. The Balaban J connectivity index is 2.38. The summed E-state index contributed by atoms with van der Waals surface area (Å²) in [5, 5.41) is 7.57. The number of hydrogen-bond acceptors (Lipinski definition) is 6. The number of hydrazine groups is 1. The molecule has 1 saturated carbocycles. The third-order valence-electron chi connectivity index (χ3n) is 3.05. The summed E-state index contributed by atoms with van der Waals surface area (Å²) in [6.07, 6.45) is 3.24. The van der Waals surface area contributed by atoms with E-state index in [0.29, 0.717) is 18.8 Å². The minimum absolute atomic E-state index is 0.408. The Morgan fingerprint density at radius 1 is 1.27 bits per heavy atom. The normalized spacial score (nSPS) is 31.5. The topological polar surface area (TPSA) is 88.1 Å². The quantitative estimate of drug-likeness (QED) is 0.424. The Kier molecular flexibility index (Phi) is 4.77. The fourth-order valence-corrected chi connectivity index (χ4v) is 2.10. The molecule has 0 bridgehead atoms. The molecule has 15 heavy (non-hydrogen) atoms. The van der Waals surface area contributed by atoms with Crippen molar-refractivity contribution in [1.29, 1.82) is 0 Å². The second-order valence-corrected chi connectivity index (χ2v) is 4.29. The van der Waals surface area contributed by atoms with E-state index in [1.165, 1.54) is 0 Å². The second-order valence-electron chi connectivity index (χ2n) is 4.29. The lowest BCUT2D eigenvalue weighted by Gasteiger charge is -2.28. The van der Waals surface area contributed by atoms with Crippen molar-refractivity contribution in [2.24, 2.45) is 22.1 Å². The predicted octanol–water partition coefficient (Wildman–Crippen LogP) is 1.25. The molecule has 0 aliphatic heterocycles. The summed E-state index contributed by atoms with van der Waals surface area (Å²) in [6.45, 7) is 0.801. The van der Waals surface area contributed by atoms with Gasteiger partial charge in [0.1, 0.15) is 12.1 Å². The minimum atomic E-state index is -0.427. The van der Waals surface area contributed by atoms with Crippen molar-refractivity contribution in [3.63, 3.8) is 0 Å². The molecule has 0 aromatic rings. The van der Waals surface area contributed by atoms with E-state index in [0.717, 1.165) is 19.4 Å². The Labute approximate surface area is 89.1 Å². The van der Waals surface area contributed by atoms with E-state index >= 15 is 0 Å². The fourth-order valence-electron chi connectivity index (χ4n) is 2.10. The zero-order valence-electron chi connectivity index (χ0n) is 9.00. The molecule has 0 amide bonds. The zero-order valence-corrected chi connectivity index (χ0v) is 9.00. The van der Waals surface area contributed by atoms with Crippen LogP contribution in [0.3, 0.4) is 0 Å². The largest absolute Gasteiger partial charge is 0.269 e. The molecule has 1 aliphatic carbocycles. The van der Waals surface area contributed by atoms with Gasteiger partial charge in [-0.3, -0.25) is 10.9 Å². The maximum atomic E-state index is 10.5. The smallest absolute Gasteiger partial charge is 0.118 e. The van der Waals surface area contributed by atoms with Gasteiger partial charge in [-0.25, -0.2) is 0 Å². The molecule has 86 valence electrons. The molecule has 6 heteroatoms. The first-order valence-corrected chi connectivity index (χ1v) is 5.28. The SMILES string of the molecule is CN(N)CCC1CCC(N=O)C(N=O)C1. The number of nitrogens with zero attached hydrogens (tertiary/aromatic N) is 3. The van der Waals surface area contributed by atoms with Crippen LogP contribution in [0.25, 0.3) is 0 Å². The highest BCUT2D eigenvalue weighted by Crippen LogP contribution is 2.30. The second kappa shape index (κ2) is 5.87. The van der Waals surface area contributed by atoms with Gasteiger partial charge >= 0.3 is 0 Å². The third kappa shape index (κ3) is 3.64. The van der Waals surface area contributed by atoms with Gasteiger partial charge in [-0.05, 0) is 31.6 Å². The molecule has 3 unspecified atom stereocenters. The van der Waals surface area contributed by atoms with E-state index in [-0.39, 0.29) is 0 Å². The van der Waals surface area contributed by atoms with Crippen molar-refractivity contribution in [2.75, 3.05) is 13.6 Å². The van der Waals surface area contributed by atoms with E-state index in [2.05, 4.69) is 10.4 Å². The molecule has 0 heterocycles. The number of rotatable bonds is 5. The fraction of sp³-hybridized carbons (Fsp3) is 1.00. The average molecular weight is 214 g/mol. The molecule has 0 spiro atoms. The highest BCUT2D eigenvalue weighted by molar-refractivity contribution is 4.89. The van der Waals surface area contributed by atoms with Crippen LogP contribution in [0, 0.1) is 15.7 Å². The summed E-state index contributed by atoms with van der Waals surface area (Å²) in [6, 6.07) is -0.835. The first-order chi connectivity index (χ1) is 7.17. The third-order valence-corrected chi connectivity index (χ3v) is 3.05. The lowest BCUT2D eigenvalue weighted by atomic mass is 9.81. The van der Waals surface area contributed by atoms with Crippen molar-refractivity contribution in [3.8, 4) is 0 Å². The van der Waals surface area contributed by atoms with Gasteiger partial charge in [-0.15, -0.1) is 0 Å². The number of nitroso groups, excluding NO2 is 2. The molecule has 1 fully saturated rings. The molecular weight excluding hydrogens is 196 g/mol.